The van der Waals surface area contributed by atoms with Crippen LogP contribution in [-0.2, 0) is 9.53 Å². The topological polar surface area (TPSA) is 35.5 Å². The summed E-state index contributed by atoms with van der Waals surface area (Å²) in [6, 6.07) is 13.6. The zero-order chi connectivity index (χ0) is 17.8. The molecule has 0 aromatic heterocycles. The van der Waals surface area contributed by atoms with Gasteiger partial charge in [0.2, 0.25) is 0 Å². The zero-order valence-corrected chi connectivity index (χ0v) is 17.5. The van der Waals surface area contributed by atoms with Gasteiger partial charge in [0.15, 0.2) is 0 Å². The van der Waals surface area contributed by atoms with E-state index in [4.69, 9.17) is 9.47 Å². The first-order chi connectivity index (χ1) is 12.1. The first-order valence-corrected chi connectivity index (χ1v) is 9.68. The molecule has 0 aliphatic carbocycles. The molecule has 0 fully saturated rings. The van der Waals surface area contributed by atoms with Crippen molar-refractivity contribution in [1.29, 1.82) is 0 Å². The predicted octanol–water partition coefficient (Wildman–Crippen LogP) is 5.44. The highest BCUT2D eigenvalue weighted by Gasteiger charge is 2.22. The van der Waals surface area contributed by atoms with E-state index < -0.39 is 0 Å². The minimum Gasteiger partial charge on any atom is -0.487 e. The summed E-state index contributed by atoms with van der Waals surface area (Å²) in [4.78, 5) is 12.2. The van der Waals surface area contributed by atoms with Crippen LogP contribution in [0.1, 0.15) is 11.1 Å². The second kappa shape index (κ2) is 8.18. The van der Waals surface area contributed by atoms with Crippen LogP contribution in [0.4, 0.5) is 0 Å². The number of carbonyl (C=O) groups is 1. The molecule has 5 heteroatoms. The number of ether oxygens (including phenoxy) is 2. The van der Waals surface area contributed by atoms with Gasteiger partial charge in [-0.05, 0) is 75.0 Å². The molecule has 1 aliphatic heterocycles. The monoisotopic (exact) mass is 556 g/mol. The molecule has 2 aromatic rings. The van der Waals surface area contributed by atoms with Crippen LogP contribution in [0, 0.1) is 7.14 Å². The minimum atomic E-state index is -0.337. The Morgan fingerprint density at radius 3 is 2.44 bits per heavy atom. The second-order valence-corrected chi connectivity index (χ2v) is 7.60. The highest BCUT2D eigenvalue weighted by molar-refractivity contribution is 14.1. The van der Waals surface area contributed by atoms with Crippen molar-refractivity contribution in [2.24, 2.45) is 0 Å². The predicted molar refractivity (Wildman–Crippen MR) is 116 cm³/mol. The molecule has 25 heavy (non-hydrogen) atoms. The number of rotatable bonds is 5. The Morgan fingerprint density at radius 1 is 1.12 bits per heavy atom. The number of esters is 1. The Morgan fingerprint density at radius 2 is 1.80 bits per heavy atom. The molecule has 0 spiro atoms. The summed E-state index contributed by atoms with van der Waals surface area (Å²) >= 11 is 4.46. The van der Waals surface area contributed by atoms with E-state index in [1.165, 1.54) is 0 Å². The molecule has 3 rings (SSSR count). The van der Waals surface area contributed by atoms with Gasteiger partial charge in [-0.3, -0.25) is 0 Å². The molecular weight excluding hydrogens is 542 g/mol. The highest BCUT2D eigenvalue weighted by atomic mass is 127. The van der Waals surface area contributed by atoms with Crippen LogP contribution in [0.25, 0.3) is 11.8 Å². The van der Waals surface area contributed by atoms with Crippen molar-refractivity contribution in [2.45, 2.75) is 0 Å². The molecule has 0 saturated heterocycles. The van der Waals surface area contributed by atoms with E-state index in [0.29, 0.717) is 17.9 Å². The van der Waals surface area contributed by atoms with Crippen molar-refractivity contribution in [3.63, 3.8) is 0 Å². The summed E-state index contributed by atoms with van der Waals surface area (Å²) in [5.41, 5.74) is 2.35. The average Bonchev–Trinajstić information content (AvgIpc) is 2.96. The van der Waals surface area contributed by atoms with Gasteiger partial charge in [0, 0.05) is 5.56 Å². The summed E-state index contributed by atoms with van der Waals surface area (Å²) in [6.45, 7) is 4.12. The molecule has 1 aliphatic rings. The van der Waals surface area contributed by atoms with Crippen molar-refractivity contribution in [3.05, 3.63) is 85.0 Å². The third-order valence-electron chi connectivity index (χ3n) is 3.47. The smallest absolute Gasteiger partial charge is 0.343 e. The molecule has 0 N–H and O–H groups in total. The summed E-state index contributed by atoms with van der Waals surface area (Å²) in [5.74, 6) is 1.07. The fraction of sp³-hybridized carbons (Fsp3) is 0.0500. The van der Waals surface area contributed by atoms with E-state index in [1.54, 1.807) is 12.2 Å². The van der Waals surface area contributed by atoms with E-state index in [2.05, 4.69) is 51.8 Å². The summed E-state index contributed by atoms with van der Waals surface area (Å²) < 4.78 is 13.0. The quantitative estimate of drug-likeness (QED) is 0.213. The minimum absolute atomic E-state index is 0.337. The molecule has 0 saturated carbocycles. The maximum Gasteiger partial charge on any atom is 0.343 e. The van der Waals surface area contributed by atoms with Crippen LogP contribution in [0.15, 0.2) is 66.8 Å². The number of cyclic esters (lactones) is 1. The van der Waals surface area contributed by atoms with Gasteiger partial charge in [0.25, 0.3) is 0 Å². The van der Waals surface area contributed by atoms with E-state index in [9.17, 15) is 4.79 Å². The van der Waals surface area contributed by atoms with Gasteiger partial charge in [-0.2, -0.15) is 0 Å². The van der Waals surface area contributed by atoms with Crippen molar-refractivity contribution in [1.82, 2.24) is 0 Å². The molecule has 0 radical (unpaired) electrons. The maximum absolute atomic E-state index is 12.2. The van der Waals surface area contributed by atoms with Crippen molar-refractivity contribution < 1.29 is 14.3 Å². The van der Waals surface area contributed by atoms with E-state index >= 15 is 0 Å². The van der Waals surface area contributed by atoms with E-state index in [1.807, 2.05) is 48.5 Å². The fourth-order valence-corrected chi connectivity index (χ4v) is 4.48. The van der Waals surface area contributed by atoms with Crippen molar-refractivity contribution >= 4 is 63.0 Å². The van der Waals surface area contributed by atoms with Crippen LogP contribution >= 0.6 is 45.2 Å². The summed E-state index contributed by atoms with van der Waals surface area (Å²) in [7, 11) is 0. The molecular formula is C20H14I2O3. The van der Waals surface area contributed by atoms with Gasteiger partial charge < -0.3 is 9.47 Å². The molecule has 0 bridgehead atoms. The SMILES string of the molecule is C=CCOc1c(I)cc(C=C2C=C(c3ccccc3)OC2=O)cc1I. The largest absolute Gasteiger partial charge is 0.487 e. The summed E-state index contributed by atoms with van der Waals surface area (Å²) in [6.07, 6.45) is 5.33. The van der Waals surface area contributed by atoms with Crippen molar-refractivity contribution in [2.75, 3.05) is 6.61 Å². The highest BCUT2D eigenvalue weighted by Crippen LogP contribution is 2.32. The van der Waals surface area contributed by atoms with Gasteiger partial charge in [-0.25, -0.2) is 4.79 Å². The number of carbonyl (C=O) groups excluding carboxylic acids is 1. The Hall–Kier alpha value is -1.61. The first kappa shape index (κ1) is 18.2. The lowest BCUT2D eigenvalue weighted by molar-refractivity contribution is -0.130. The second-order valence-electron chi connectivity index (χ2n) is 5.28. The van der Waals surface area contributed by atoms with Crippen molar-refractivity contribution in [3.8, 4) is 5.75 Å². The van der Waals surface area contributed by atoms with Crippen LogP contribution in [-0.4, -0.2) is 12.6 Å². The Bertz CT molecular complexity index is 860. The molecule has 2 aromatic carbocycles. The van der Waals surface area contributed by atoms with Gasteiger partial charge in [-0.15, -0.1) is 0 Å². The van der Waals surface area contributed by atoms with Gasteiger partial charge in [0.1, 0.15) is 18.1 Å². The zero-order valence-electron chi connectivity index (χ0n) is 13.2. The standard InChI is InChI=1S/C20H14I2O3/c1-2-8-24-19-16(21)10-13(11-17(19)22)9-15-12-18(25-20(15)23)14-6-4-3-5-7-14/h2-7,9-12H,1,8H2. The fourth-order valence-electron chi connectivity index (χ4n) is 2.36. The third kappa shape index (κ3) is 4.33. The normalized spacial score (nSPS) is 15.0. The van der Waals surface area contributed by atoms with Crippen LogP contribution in [0.3, 0.4) is 0 Å². The lowest BCUT2D eigenvalue weighted by Crippen LogP contribution is -1.99. The third-order valence-corrected chi connectivity index (χ3v) is 5.07. The molecule has 126 valence electrons. The molecule has 0 atom stereocenters. The Balaban J connectivity index is 1.91. The first-order valence-electron chi connectivity index (χ1n) is 7.52. The lowest BCUT2D eigenvalue weighted by atomic mass is 10.1. The molecule has 1 heterocycles. The lowest BCUT2D eigenvalue weighted by Gasteiger charge is -2.09. The Kier molecular flexibility index (Phi) is 5.95. The summed E-state index contributed by atoms with van der Waals surface area (Å²) in [5, 5.41) is 0. The van der Waals surface area contributed by atoms with Gasteiger partial charge in [0.05, 0.1) is 12.7 Å². The van der Waals surface area contributed by atoms with Gasteiger partial charge in [-0.1, -0.05) is 43.0 Å². The van der Waals surface area contributed by atoms with Gasteiger partial charge >= 0.3 is 5.97 Å². The Labute approximate surface area is 173 Å². The molecule has 0 unspecified atom stereocenters. The van der Waals surface area contributed by atoms with Crippen LogP contribution < -0.4 is 4.74 Å². The molecule has 0 amide bonds. The number of halogens is 2. The van der Waals surface area contributed by atoms with Crippen LogP contribution in [0.5, 0.6) is 5.75 Å². The van der Waals surface area contributed by atoms with Crippen LogP contribution in [0.2, 0.25) is 0 Å². The van der Waals surface area contributed by atoms with E-state index in [0.717, 1.165) is 24.0 Å². The number of benzene rings is 2. The van der Waals surface area contributed by atoms with E-state index in [-0.39, 0.29) is 5.97 Å². The maximum atomic E-state index is 12.2. The number of hydrogen-bond acceptors (Lipinski definition) is 3. The number of hydrogen-bond donors (Lipinski definition) is 0. The average molecular weight is 556 g/mol. The molecule has 3 nitrogen and oxygen atoms in total.